The third-order valence-electron chi connectivity index (χ3n) is 2.45. The second-order valence-corrected chi connectivity index (χ2v) is 5.36. The third kappa shape index (κ3) is 5.01. The van der Waals surface area contributed by atoms with E-state index in [0.717, 1.165) is 6.07 Å². The number of nitrogens with one attached hydrogen (secondary N) is 1. The summed E-state index contributed by atoms with van der Waals surface area (Å²) >= 11 is 3.04. The van der Waals surface area contributed by atoms with E-state index in [4.69, 9.17) is 5.73 Å². The molecule has 0 spiro atoms. The van der Waals surface area contributed by atoms with Crippen LogP contribution < -0.4 is 15.8 Å². The van der Waals surface area contributed by atoms with Crippen LogP contribution in [0.3, 0.4) is 0 Å². The Kier molecular flexibility index (Phi) is 5.41. The molecule has 1 aromatic rings. The van der Waals surface area contributed by atoms with Crippen molar-refractivity contribution in [1.29, 1.82) is 0 Å². The lowest BCUT2D eigenvalue weighted by atomic mass is 10.0. The van der Waals surface area contributed by atoms with Crippen molar-refractivity contribution in [3.8, 4) is 5.75 Å². The van der Waals surface area contributed by atoms with E-state index in [-0.39, 0.29) is 11.6 Å². The van der Waals surface area contributed by atoms with Crippen LogP contribution in [0.2, 0.25) is 0 Å². The molecule has 0 aromatic heterocycles. The van der Waals surface area contributed by atoms with Crippen molar-refractivity contribution in [3.05, 3.63) is 22.7 Å². The first kappa shape index (κ1) is 16.8. The van der Waals surface area contributed by atoms with Crippen LogP contribution in [0.5, 0.6) is 5.75 Å². The number of alkyl halides is 3. The van der Waals surface area contributed by atoms with Crippen LogP contribution in [0.25, 0.3) is 0 Å². The van der Waals surface area contributed by atoms with Gasteiger partial charge < -0.3 is 15.8 Å². The first-order chi connectivity index (χ1) is 9.10. The molecule has 1 atom stereocenters. The number of hydrogen-bond acceptors (Lipinski definition) is 3. The van der Waals surface area contributed by atoms with Gasteiger partial charge >= 0.3 is 6.36 Å². The molecule has 0 saturated heterocycles. The van der Waals surface area contributed by atoms with E-state index in [1.165, 1.54) is 12.1 Å². The highest BCUT2D eigenvalue weighted by Gasteiger charge is 2.32. The number of hydrogen-bond donors (Lipinski definition) is 2. The summed E-state index contributed by atoms with van der Waals surface area (Å²) in [5.41, 5.74) is 5.54. The molecule has 4 nitrogen and oxygen atoms in total. The van der Waals surface area contributed by atoms with Crippen LogP contribution in [0, 0.1) is 5.92 Å². The number of amides is 1. The highest BCUT2D eigenvalue weighted by molar-refractivity contribution is 9.10. The predicted molar refractivity (Wildman–Crippen MR) is 72.3 cm³/mol. The first-order valence-corrected chi connectivity index (χ1v) is 6.51. The van der Waals surface area contributed by atoms with E-state index in [0.29, 0.717) is 4.47 Å². The van der Waals surface area contributed by atoms with Crippen molar-refractivity contribution < 1.29 is 22.7 Å². The Morgan fingerprint density at radius 1 is 1.40 bits per heavy atom. The van der Waals surface area contributed by atoms with Crippen molar-refractivity contribution >= 4 is 27.5 Å². The molecule has 0 bridgehead atoms. The Hall–Kier alpha value is -1.28. The zero-order valence-electron chi connectivity index (χ0n) is 10.8. The van der Waals surface area contributed by atoms with E-state index >= 15 is 0 Å². The van der Waals surface area contributed by atoms with Gasteiger partial charge in [-0.3, -0.25) is 4.79 Å². The minimum atomic E-state index is -4.85. The Bertz CT molecular complexity index is 492. The molecule has 1 rings (SSSR count). The van der Waals surface area contributed by atoms with Gasteiger partial charge in [-0.1, -0.05) is 29.8 Å². The molecule has 0 unspecified atom stereocenters. The van der Waals surface area contributed by atoms with Gasteiger partial charge in [0.1, 0.15) is 0 Å². The van der Waals surface area contributed by atoms with Gasteiger partial charge in [0, 0.05) is 4.47 Å². The molecule has 0 aliphatic carbocycles. The number of rotatable bonds is 4. The molecule has 0 heterocycles. The van der Waals surface area contributed by atoms with Crippen molar-refractivity contribution in [2.24, 2.45) is 11.7 Å². The molecule has 8 heteroatoms. The number of benzene rings is 1. The summed E-state index contributed by atoms with van der Waals surface area (Å²) < 4.78 is 41.2. The summed E-state index contributed by atoms with van der Waals surface area (Å²) in [6.45, 7) is 3.47. The molecule has 112 valence electrons. The second kappa shape index (κ2) is 6.45. The lowest BCUT2D eigenvalue weighted by Gasteiger charge is -2.18. The van der Waals surface area contributed by atoms with Crippen molar-refractivity contribution in [3.63, 3.8) is 0 Å². The van der Waals surface area contributed by atoms with E-state index < -0.39 is 24.1 Å². The number of carbonyl (C=O) groups is 1. The standard InChI is InChI=1S/C12H14BrF3N2O2/c1-6(2)10(17)11(19)18-8-4-3-7(13)5-9(8)20-12(14,15)16/h3-6,10H,17H2,1-2H3,(H,18,19)/t10-/m1/s1. The van der Waals surface area contributed by atoms with Gasteiger partial charge in [-0.05, 0) is 24.1 Å². The largest absolute Gasteiger partial charge is 0.573 e. The maximum Gasteiger partial charge on any atom is 0.573 e. The summed E-state index contributed by atoms with van der Waals surface area (Å²) in [7, 11) is 0. The minimum Gasteiger partial charge on any atom is -0.404 e. The number of halogens is 4. The summed E-state index contributed by atoms with van der Waals surface area (Å²) in [4.78, 5) is 11.8. The van der Waals surface area contributed by atoms with Gasteiger partial charge in [-0.15, -0.1) is 13.2 Å². The minimum absolute atomic E-state index is 0.0911. The monoisotopic (exact) mass is 354 g/mol. The van der Waals surface area contributed by atoms with E-state index in [1.54, 1.807) is 13.8 Å². The molecular weight excluding hydrogens is 341 g/mol. The SMILES string of the molecule is CC(C)[C@@H](N)C(=O)Nc1ccc(Br)cc1OC(F)(F)F. The Labute approximate surface area is 122 Å². The highest BCUT2D eigenvalue weighted by Crippen LogP contribution is 2.33. The lowest BCUT2D eigenvalue weighted by molar-refractivity contribution is -0.274. The van der Waals surface area contributed by atoms with Gasteiger partial charge in [-0.2, -0.15) is 0 Å². The summed E-state index contributed by atoms with van der Waals surface area (Å²) in [6.07, 6.45) is -4.85. The highest BCUT2D eigenvalue weighted by atomic mass is 79.9. The van der Waals surface area contributed by atoms with Crippen molar-refractivity contribution in [2.45, 2.75) is 26.3 Å². The molecule has 0 fully saturated rings. The molecular formula is C12H14BrF3N2O2. The van der Waals surface area contributed by atoms with Gasteiger partial charge in [0.25, 0.3) is 0 Å². The van der Waals surface area contributed by atoms with Crippen molar-refractivity contribution in [2.75, 3.05) is 5.32 Å². The molecule has 1 aromatic carbocycles. The predicted octanol–water partition coefficient (Wildman–Crippen LogP) is 3.27. The number of anilines is 1. The number of nitrogens with two attached hydrogens (primary N) is 1. The second-order valence-electron chi connectivity index (χ2n) is 4.45. The van der Waals surface area contributed by atoms with Gasteiger partial charge in [0.05, 0.1) is 11.7 Å². The first-order valence-electron chi connectivity index (χ1n) is 5.72. The van der Waals surface area contributed by atoms with Crippen LogP contribution in [-0.2, 0) is 4.79 Å². The number of ether oxygens (including phenoxy) is 1. The van der Waals surface area contributed by atoms with Crippen LogP contribution in [-0.4, -0.2) is 18.3 Å². The average molecular weight is 355 g/mol. The summed E-state index contributed by atoms with van der Waals surface area (Å²) in [6, 6.07) is 3.08. The molecule has 3 N–H and O–H groups in total. The van der Waals surface area contributed by atoms with E-state index in [9.17, 15) is 18.0 Å². The number of carbonyl (C=O) groups excluding carboxylic acids is 1. The maximum atomic E-state index is 12.3. The molecule has 0 radical (unpaired) electrons. The lowest BCUT2D eigenvalue weighted by Crippen LogP contribution is -2.39. The quantitative estimate of drug-likeness (QED) is 0.871. The van der Waals surface area contributed by atoms with Crippen LogP contribution >= 0.6 is 15.9 Å². The fraction of sp³-hybridized carbons (Fsp3) is 0.417. The average Bonchev–Trinajstić information content (AvgIpc) is 2.29. The fourth-order valence-electron chi connectivity index (χ4n) is 1.33. The van der Waals surface area contributed by atoms with Crippen LogP contribution in [0.4, 0.5) is 18.9 Å². The fourth-order valence-corrected chi connectivity index (χ4v) is 1.67. The van der Waals surface area contributed by atoms with Crippen LogP contribution in [0.15, 0.2) is 22.7 Å². The van der Waals surface area contributed by atoms with Gasteiger partial charge in [-0.25, -0.2) is 0 Å². The molecule has 0 aliphatic heterocycles. The Morgan fingerprint density at radius 2 is 2.00 bits per heavy atom. The zero-order chi connectivity index (χ0) is 15.5. The van der Waals surface area contributed by atoms with Gasteiger partial charge in [0.15, 0.2) is 5.75 Å². The smallest absolute Gasteiger partial charge is 0.404 e. The van der Waals surface area contributed by atoms with Gasteiger partial charge in [0.2, 0.25) is 5.91 Å². The molecule has 0 aliphatic rings. The Balaban J connectivity index is 2.97. The van der Waals surface area contributed by atoms with E-state index in [1.807, 2.05) is 0 Å². The Morgan fingerprint density at radius 3 is 2.50 bits per heavy atom. The zero-order valence-corrected chi connectivity index (χ0v) is 12.4. The maximum absolute atomic E-state index is 12.3. The summed E-state index contributed by atoms with van der Waals surface area (Å²) in [5, 5.41) is 2.33. The normalized spacial score (nSPS) is 13.2. The molecule has 20 heavy (non-hydrogen) atoms. The summed E-state index contributed by atoms with van der Waals surface area (Å²) in [5.74, 6) is -1.22. The van der Waals surface area contributed by atoms with Crippen LogP contribution in [0.1, 0.15) is 13.8 Å². The molecule has 1 amide bonds. The topological polar surface area (TPSA) is 64.4 Å². The van der Waals surface area contributed by atoms with Crippen molar-refractivity contribution in [1.82, 2.24) is 0 Å². The van der Waals surface area contributed by atoms with E-state index in [2.05, 4.69) is 26.0 Å². The third-order valence-corrected chi connectivity index (χ3v) is 2.94. The molecule has 0 saturated carbocycles.